The molecule has 0 atom stereocenters. The number of benzene rings is 1. The van der Waals surface area contributed by atoms with Crippen molar-refractivity contribution >= 4 is 43.6 Å². The van der Waals surface area contributed by atoms with Gasteiger partial charge in [-0.2, -0.15) is 5.10 Å². The third kappa shape index (κ3) is 3.92. The van der Waals surface area contributed by atoms with Gasteiger partial charge in [0, 0.05) is 9.80 Å². The number of carbonyl (C=O) groups excluding carboxylic acids is 1. The second kappa shape index (κ2) is 6.62. The smallest absolute Gasteiger partial charge is 0.274 e. The summed E-state index contributed by atoms with van der Waals surface area (Å²) in [6, 6.07) is 7.03. The topological polar surface area (TPSA) is 79.5 Å². The summed E-state index contributed by atoms with van der Waals surface area (Å²) in [5.41, 5.74) is 5.81. The van der Waals surface area contributed by atoms with E-state index in [9.17, 15) is 4.79 Å². The first-order valence-corrected chi connectivity index (χ1v) is 6.24. The molecular formula is C9H10Br2N4O. The molecule has 0 radical (unpaired) electrons. The van der Waals surface area contributed by atoms with Gasteiger partial charge in [-0.25, -0.2) is 16.1 Å². The van der Waals surface area contributed by atoms with E-state index in [1.165, 1.54) is 0 Å². The van der Waals surface area contributed by atoms with Crippen LogP contribution in [0.3, 0.4) is 0 Å². The van der Waals surface area contributed by atoms with E-state index in [2.05, 4.69) is 42.4 Å². The molecule has 0 spiro atoms. The lowest BCUT2D eigenvalue weighted by Gasteiger charge is -2.04. The van der Waals surface area contributed by atoms with Crippen molar-refractivity contribution in [2.75, 3.05) is 5.33 Å². The van der Waals surface area contributed by atoms with E-state index < -0.39 is 6.03 Å². The van der Waals surface area contributed by atoms with Crippen molar-refractivity contribution in [3.8, 4) is 0 Å². The third-order valence-electron chi connectivity index (χ3n) is 1.73. The average molecular weight is 350 g/mol. The van der Waals surface area contributed by atoms with E-state index in [1.807, 2.05) is 29.7 Å². The number of hydrazone groups is 1. The number of nitrogens with one attached hydrogen (secondary N) is 2. The number of amides is 2. The van der Waals surface area contributed by atoms with E-state index in [-0.39, 0.29) is 0 Å². The zero-order chi connectivity index (χ0) is 12.0. The summed E-state index contributed by atoms with van der Waals surface area (Å²) in [5.74, 6) is 4.91. The summed E-state index contributed by atoms with van der Waals surface area (Å²) in [7, 11) is 0. The summed E-state index contributed by atoms with van der Waals surface area (Å²) < 4.78 is 0.984. The highest BCUT2D eigenvalue weighted by Gasteiger charge is 2.02. The van der Waals surface area contributed by atoms with Crippen molar-refractivity contribution in [2.45, 2.75) is 0 Å². The molecule has 0 heterocycles. The Hall–Kier alpha value is -0.920. The van der Waals surface area contributed by atoms with Crippen LogP contribution in [0.5, 0.6) is 0 Å². The van der Waals surface area contributed by atoms with Crippen molar-refractivity contribution in [1.29, 1.82) is 0 Å². The lowest BCUT2D eigenvalue weighted by atomic mass is 10.1. The van der Waals surface area contributed by atoms with Gasteiger partial charge in [0.2, 0.25) is 0 Å². The highest BCUT2D eigenvalue weighted by Crippen LogP contribution is 2.11. The number of hydrazine groups is 1. The summed E-state index contributed by atoms with van der Waals surface area (Å²) in [6.45, 7) is 0. The first-order chi connectivity index (χ1) is 7.67. The van der Waals surface area contributed by atoms with Gasteiger partial charge in [0.15, 0.2) is 0 Å². The van der Waals surface area contributed by atoms with Gasteiger partial charge in [0.05, 0.1) is 5.71 Å². The van der Waals surface area contributed by atoms with Gasteiger partial charge >= 0.3 is 6.03 Å². The molecule has 5 nitrogen and oxygen atoms in total. The number of nitrogens with two attached hydrogens (primary N) is 1. The lowest BCUT2D eigenvalue weighted by molar-refractivity contribution is 0.241. The van der Waals surface area contributed by atoms with Crippen LogP contribution in [0.1, 0.15) is 5.56 Å². The maximum Gasteiger partial charge on any atom is 0.349 e. The standard InChI is InChI=1S/C9H10Br2N4O/c10-5-8(14-15-9(16)13-12)6-1-3-7(11)4-2-6/h1-4H,5,12H2,(H2,13,15,16)/b14-8+. The Balaban J connectivity index is 2.81. The molecule has 0 bridgehead atoms. The number of hydrogen-bond donors (Lipinski definition) is 3. The van der Waals surface area contributed by atoms with E-state index >= 15 is 0 Å². The second-order valence-electron chi connectivity index (χ2n) is 2.78. The SMILES string of the molecule is NNC(=O)N/N=C(\CBr)c1ccc(Br)cc1. The van der Waals surface area contributed by atoms with Crippen LogP contribution in [-0.4, -0.2) is 17.1 Å². The summed E-state index contributed by atoms with van der Waals surface area (Å²) in [6.07, 6.45) is 0. The first kappa shape index (κ1) is 13.1. The molecule has 1 aromatic carbocycles. The van der Waals surface area contributed by atoms with E-state index in [4.69, 9.17) is 5.84 Å². The molecule has 0 aliphatic rings. The Kier molecular flexibility index (Phi) is 5.44. The molecule has 86 valence electrons. The maximum absolute atomic E-state index is 10.8. The highest BCUT2D eigenvalue weighted by atomic mass is 79.9. The van der Waals surface area contributed by atoms with E-state index in [0.717, 1.165) is 10.0 Å². The average Bonchev–Trinajstić information content (AvgIpc) is 2.31. The van der Waals surface area contributed by atoms with Gasteiger partial charge in [-0.3, -0.25) is 5.43 Å². The van der Waals surface area contributed by atoms with Crippen LogP contribution < -0.4 is 16.7 Å². The zero-order valence-corrected chi connectivity index (χ0v) is 11.4. The Morgan fingerprint density at radius 3 is 2.50 bits per heavy atom. The van der Waals surface area contributed by atoms with Gasteiger partial charge < -0.3 is 0 Å². The minimum absolute atomic E-state index is 0.527. The third-order valence-corrected chi connectivity index (χ3v) is 2.79. The fraction of sp³-hybridized carbons (Fsp3) is 0.111. The largest absolute Gasteiger partial charge is 0.349 e. The van der Waals surface area contributed by atoms with Gasteiger partial charge in [0.1, 0.15) is 0 Å². The molecular weight excluding hydrogens is 340 g/mol. The number of halogens is 2. The van der Waals surface area contributed by atoms with Crippen LogP contribution in [0.2, 0.25) is 0 Å². The highest BCUT2D eigenvalue weighted by molar-refractivity contribution is 9.10. The van der Waals surface area contributed by atoms with Crippen molar-refractivity contribution in [3.63, 3.8) is 0 Å². The number of nitrogens with zero attached hydrogens (tertiary/aromatic N) is 1. The molecule has 4 N–H and O–H groups in total. The Labute approximate surface area is 110 Å². The Morgan fingerprint density at radius 1 is 1.38 bits per heavy atom. The van der Waals surface area contributed by atoms with Crippen molar-refractivity contribution in [1.82, 2.24) is 10.9 Å². The molecule has 1 aromatic rings. The quantitative estimate of drug-likeness (QED) is 0.255. The van der Waals surface area contributed by atoms with E-state index in [1.54, 1.807) is 0 Å². The molecule has 0 aliphatic carbocycles. The van der Waals surface area contributed by atoms with Gasteiger partial charge in [0.25, 0.3) is 0 Å². The Bertz CT molecular complexity index is 391. The molecule has 16 heavy (non-hydrogen) atoms. The predicted molar refractivity (Wildman–Crippen MR) is 70.3 cm³/mol. The minimum Gasteiger partial charge on any atom is -0.274 e. The monoisotopic (exact) mass is 348 g/mol. The van der Waals surface area contributed by atoms with Gasteiger partial charge in [-0.1, -0.05) is 44.0 Å². The summed E-state index contributed by atoms with van der Waals surface area (Å²) in [4.78, 5) is 10.8. The second-order valence-corrected chi connectivity index (χ2v) is 4.26. The van der Waals surface area contributed by atoms with Crippen molar-refractivity contribution in [2.24, 2.45) is 10.9 Å². The van der Waals surface area contributed by atoms with E-state index in [0.29, 0.717) is 11.0 Å². The zero-order valence-electron chi connectivity index (χ0n) is 8.21. The fourth-order valence-electron chi connectivity index (χ4n) is 0.964. The van der Waals surface area contributed by atoms with Crippen molar-refractivity contribution < 1.29 is 4.79 Å². The lowest BCUT2D eigenvalue weighted by Crippen LogP contribution is -2.37. The predicted octanol–water partition coefficient (Wildman–Crippen LogP) is 1.72. The Morgan fingerprint density at radius 2 is 2.00 bits per heavy atom. The number of carbonyl (C=O) groups is 1. The van der Waals surface area contributed by atoms with Gasteiger partial charge in [-0.05, 0) is 17.7 Å². The molecule has 2 amide bonds. The number of alkyl halides is 1. The summed E-state index contributed by atoms with van der Waals surface area (Å²) >= 11 is 6.64. The molecule has 7 heteroatoms. The minimum atomic E-state index is -0.560. The van der Waals surface area contributed by atoms with Crippen LogP contribution in [0.15, 0.2) is 33.8 Å². The number of urea groups is 1. The number of rotatable bonds is 3. The van der Waals surface area contributed by atoms with Crippen LogP contribution in [0, 0.1) is 0 Å². The molecule has 0 aliphatic heterocycles. The molecule has 0 saturated carbocycles. The summed E-state index contributed by atoms with van der Waals surface area (Å²) in [5, 5.41) is 4.45. The molecule has 0 fully saturated rings. The van der Waals surface area contributed by atoms with Crippen molar-refractivity contribution in [3.05, 3.63) is 34.3 Å². The van der Waals surface area contributed by atoms with Crippen LogP contribution in [-0.2, 0) is 0 Å². The molecule has 0 aromatic heterocycles. The molecule has 0 unspecified atom stereocenters. The fourth-order valence-corrected chi connectivity index (χ4v) is 1.68. The maximum atomic E-state index is 10.8. The van der Waals surface area contributed by atoms with Crippen LogP contribution in [0.4, 0.5) is 4.79 Å². The van der Waals surface area contributed by atoms with Gasteiger partial charge in [-0.15, -0.1) is 0 Å². The number of hydrogen-bond acceptors (Lipinski definition) is 3. The first-order valence-electron chi connectivity index (χ1n) is 4.32. The normalized spacial score (nSPS) is 11.1. The molecule has 1 rings (SSSR count). The van der Waals surface area contributed by atoms with Crippen LogP contribution in [0.25, 0.3) is 0 Å². The molecule has 0 saturated heterocycles. The van der Waals surface area contributed by atoms with Crippen LogP contribution >= 0.6 is 31.9 Å².